The van der Waals surface area contributed by atoms with Crippen LogP contribution in [0.15, 0.2) is 0 Å². The minimum absolute atomic E-state index is 0.176. The third kappa shape index (κ3) is 1.56. The number of hydrogen-bond donors (Lipinski definition) is 1. The molecule has 0 saturated heterocycles. The Bertz CT molecular complexity index is 163. The molecule has 0 aliphatic heterocycles. The fraction of sp³-hybridized carbons (Fsp3) is 0.714. The molecule has 2 N–H and O–H groups in total. The Morgan fingerprint density at radius 3 is 2.70 bits per heavy atom. The number of rotatable bonds is 1. The number of ketones is 1. The highest BCUT2D eigenvalue weighted by atomic mass is 16.1. The molecule has 10 heavy (non-hydrogen) atoms. The standard InChI is InChI=1S/C7H11NO2/c8-7(10)5-2-1-3-6(9)4-5/h5H,1-4H2,(H2,8,10)/t5-/m0/s1. The smallest absolute Gasteiger partial charge is 0.220 e. The summed E-state index contributed by atoms with van der Waals surface area (Å²) in [5, 5.41) is 0. The Labute approximate surface area is 59.6 Å². The lowest BCUT2D eigenvalue weighted by molar-refractivity contribution is -0.129. The second-order valence-electron chi connectivity index (χ2n) is 2.73. The van der Waals surface area contributed by atoms with E-state index in [1.807, 2.05) is 0 Å². The van der Waals surface area contributed by atoms with E-state index in [9.17, 15) is 9.59 Å². The lowest BCUT2D eigenvalue weighted by atomic mass is 9.88. The molecule has 56 valence electrons. The van der Waals surface area contributed by atoms with Crippen molar-refractivity contribution in [2.45, 2.75) is 25.7 Å². The molecular weight excluding hydrogens is 130 g/mol. The first-order valence-corrected chi connectivity index (χ1v) is 3.51. The topological polar surface area (TPSA) is 60.2 Å². The summed E-state index contributed by atoms with van der Waals surface area (Å²) in [7, 11) is 0. The van der Waals surface area contributed by atoms with Crippen LogP contribution in [0, 0.1) is 5.92 Å². The number of amides is 1. The summed E-state index contributed by atoms with van der Waals surface area (Å²) >= 11 is 0. The van der Waals surface area contributed by atoms with E-state index in [0.29, 0.717) is 12.8 Å². The van der Waals surface area contributed by atoms with Crippen LogP contribution in [0.4, 0.5) is 0 Å². The van der Waals surface area contributed by atoms with Gasteiger partial charge in [-0.2, -0.15) is 0 Å². The van der Waals surface area contributed by atoms with Gasteiger partial charge in [0, 0.05) is 18.8 Å². The molecule has 1 amide bonds. The quantitative estimate of drug-likeness (QED) is 0.568. The average Bonchev–Trinajstić information content (AvgIpc) is 1.88. The van der Waals surface area contributed by atoms with Crippen LogP contribution in [0.25, 0.3) is 0 Å². The summed E-state index contributed by atoms with van der Waals surface area (Å²) < 4.78 is 0. The number of Topliss-reactive ketones (excluding diaryl/α,β-unsaturated/α-hetero) is 1. The van der Waals surface area contributed by atoms with Gasteiger partial charge in [0.15, 0.2) is 0 Å². The van der Waals surface area contributed by atoms with Gasteiger partial charge in [-0.25, -0.2) is 0 Å². The Morgan fingerprint density at radius 2 is 2.30 bits per heavy atom. The summed E-state index contributed by atoms with van der Waals surface area (Å²) in [5.41, 5.74) is 5.04. The van der Waals surface area contributed by atoms with Gasteiger partial charge in [0.05, 0.1) is 0 Å². The monoisotopic (exact) mass is 141 g/mol. The van der Waals surface area contributed by atoms with Gasteiger partial charge in [0.25, 0.3) is 0 Å². The molecule has 0 aromatic carbocycles. The van der Waals surface area contributed by atoms with E-state index in [1.165, 1.54) is 0 Å². The normalized spacial score (nSPS) is 26.4. The molecule has 1 saturated carbocycles. The first-order valence-electron chi connectivity index (χ1n) is 3.51. The summed E-state index contributed by atoms with van der Waals surface area (Å²) in [5.74, 6) is -0.329. The van der Waals surface area contributed by atoms with E-state index in [0.717, 1.165) is 12.8 Å². The van der Waals surface area contributed by atoms with Crippen molar-refractivity contribution in [3.63, 3.8) is 0 Å². The van der Waals surface area contributed by atoms with Crippen LogP contribution in [0.1, 0.15) is 25.7 Å². The van der Waals surface area contributed by atoms with Crippen LogP contribution >= 0.6 is 0 Å². The van der Waals surface area contributed by atoms with E-state index in [2.05, 4.69) is 0 Å². The van der Waals surface area contributed by atoms with Crippen LogP contribution in [-0.4, -0.2) is 11.7 Å². The molecule has 0 radical (unpaired) electrons. The molecule has 0 aromatic rings. The van der Waals surface area contributed by atoms with Gasteiger partial charge in [0.2, 0.25) is 5.91 Å². The SMILES string of the molecule is NC(=O)[C@H]1CCCC(=O)C1. The molecule has 3 heteroatoms. The van der Waals surface area contributed by atoms with E-state index < -0.39 is 0 Å². The Kier molecular flexibility index (Phi) is 2.04. The van der Waals surface area contributed by atoms with Gasteiger partial charge >= 0.3 is 0 Å². The van der Waals surface area contributed by atoms with Crippen LogP contribution in [0.2, 0.25) is 0 Å². The Morgan fingerprint density at radius 1 is 1.60 bits per heavy atom. The van der Waals surface area contributed by atoms with Gasteiger partial charge in [0.1, 0.15) is 5.78 Å². The Balaban J connectivity index is 2.47. The van der Waals surface area contributed by atoms with Crippen molar-refractivity contribution < 1.29 is 9.59 Å². The highest BCUT2D eigenvalue weighted by molar-refractivity contribution is 5.87. The second-order valence-corrected chi connectivity index (χ2v) is 2.73. The summed E-state index contributed by atoms with van der Waals surface area (Å²) in [6.07, 6.45) is 2.62. The van der Waals surface area contributed by atoms with Crippen molar-refractivity contribution in [2.75, 3.05) is 0 Å². The maximum Gasteiger partial charge on any atom is 0.220 e. The second kappa shape index (κ2) is 2.82. The molecule has 3 nitrogen and oxygen atoms in total. The number of carbonyl (C=O) groups is 2. The van der Waals surface area contributed by atoms with Crippen LogP contribution in [-0.2, 0) is 9.59 Å². The van der Waals surface area contributed by atoms with Gasteiger partial charge in [-0.1, -0.05) is 0 Å². The third-order valence-electron chi connectivity index (χ3n) is 1.88. The van der Waals surface area contributed by atoms with E-state index in [-0.39, 0.29) is 17.6 Å². The van der Waals surface area contributed by atoms with Crippen molar-refractivity contribution in [3.05, 3.63) is 0 Å². The van der Waals surface area contributed by atoms with Crippen LogP contribution < -0.4 is 5.73 Å². The van der Waals surface area contributed by atoms with Crippen molar-refractivity contribution in [3.8, 4) is 0 Å². The first kappa shape index (κ1) is 7.25. The van der Waals surface area contributed by atoms with Crippen molar-refractivity contribution >= 4 is 11.7 Å². The summed E-state index contributed by atoms with van der Waals surface area (Å²) in [6.45, 7) is 0. The number of hydrogen-bond acceptors (Lipinski definition) is 2. The van der Waals surface area contributed by atoms with Gasteiger partial charge in [-0.3, -0.25) is 9.59 Å². The first-order chi connectivity index (χ1) is 4.70. The highest BCUT2D eigenvalue weighted by Gasteiger charge is 2.23. The van der Waals surface area contributed by atoms with Gasteiger partial charge < -0.3 is 5.73 Å². The van der Waals surface area contributed by atoms with Gasteiger partial charge in [-0.15, -0.1) is 0 Å². The number of nitrogens with two attached hydrogens (primary N) is 1. The molecule has 1 aliphatic rings. The maximum atomic E-state index is 10.8. The average molecular weight is 141 g/mol. The molecular formula is C7H11NO2. The van der Waals surface area contributed by atoms with Crippen LogP contribution in [0.5, 0.6) is 0 Å². The minimum Gasteiger partial charge on any atom is -0.369 e. The molecule has 1 atom stereocenters. The summed E-state index contributed by atoms with van der Waals surface area (Å²) in [4.78, 5) is 21.3. The largest absolute Gasteiger partial charge is 0.369 e. The van der Waals surface area contributed by atoms with Crippen molar-refractivity contribution in [2.24, 2.45) is 11.7 Å². The number of carbonyl (C=O) groups excluding carboxylic acids is 2. The Hall–Kier alpha value is -0.860. The number of primary amides is 1. The van der Waals surface area contributed by atoms with E-state index >= 15 is 0 Å². The highest BCUT2D eigenvalue weighted by Crippen LogP contribution is 2.20. The third-order valence-corrected chi connectivity index (χ3v) is 1.88. The fourth-order valence-electron chi connectivity index (χ4n) is 1.27. The molecule has 0 unspecified atom stereocenters. The molecule has 1 rings (SSSR count). The molecule has 1 aliphatic carbocycles. The maximum absolute atomic E-state index is 10.8. The molecule has 0 heterocycles. The van der Waals surface area contributed by atoms with Gasteiger partial charge in [-0.05, 0) is 12.8 Å². The predicted molar refractivity (Wildman–Crippen MR) is 36.2 cm³/mol. The zero-order valence-corrected chi connectivity index (χ0v) is 5.80. The molecule has 1 fully saturated rings. The molecule has 0 aromatic heterocycles. The zero-order chi connectivity index (χ0) is 7.56. The summed E-state index contributed by atoms with van der Waals surface area (Å²) in [6, 6.07) is 0. The lowest BCUT2D eigenvalue weighted by Crippen LogP contribution is -2.28. The molecule has 0 spiro atoms. The van der Waals surface area contributed by atoms with Crippen molar-refractivity contribution in [1.82, 2.24) is 0 Å². The minimum atomic E-state index is -0.326. The van der Waals surface area contributed by atoms with Crippen LogP contribution in [0.3, 0.4) is 0 Å². The zero-order valence-electron chi connectivity index (χ0n) is 5.80. The lowest BCUT2D eigenvalue weighted by Gasteiger charge is -2.16. The molecule has 0 bridgehead atoms. The fourth-order valence-corrected chi connectivity index (χ4v) is 1.27. The predicted octanol–water partition coefficient (Wildman–Crippen LogP) is 0.231. The van der Waals surface area contributed by atoms with E-state index in [1.54, 1.807) is 0 Å². The van der Waals surface area contributed by atoms with E-state index in [4.69, 9.17) is 5.73 Å². The van der Waals surface area contributed by atoms with Crippen molar-refractivity contribution in [1.29, 1.82) is 0 Å².